The highest BCUT2D eigenvalue weighted by atomic mass is 32.1. The number of nitrogens with zero attached hydrogens (tertiary/aromatic N) is 2. The third-order valence-corrected chi connectivity index (χ3v) is 36.3. The molecule has 0 saturated heterocycles. The molecule has 4 rings (SSSR count). The second-order valence-corrected chi connectivity index (χ2v) is 50.6. The van der Waals surface area contributed by atoms with Gasteiger partial charge in [0.15, 0.2) is 39.9 Å². The molecule has 125 heavy (non-hydrogen) atoms. The molecule has 0 spiro atoms. The molecular weight excluding hydrogens is 1700 g/mol. The van der Waals surface area contributed by atoms with Crippen LogP contribution < -0.4 is 0 Å². The average Bonchev–Trinajstić information content (AvgIpc) is 1.53. The number of halogens is 9. The van der Waals surface area contributed by atoms with E-state index < -0.39 is 213 Å². The fourth-order valence-electron chi connectivity index (χ4n) is 13.3. The van der Waals surface area contributed by atoms with E-state index in [1.54, 1.807) is 97.3 Å². The van der Waals surface area contributed by atoms with E-state index in [9.17, 15) is 88.1 Å². The van der Waals surface area contributed by atoms with Crippen molar-refractivity contribution in [2.24, 2.45) is 63.6 Å². The Bertz CT molecular complexity index is 4170. The van der Waals surface area contributed by atoms with Gasteiger partial charge in [0.25, 0.3) is 0 Å². The highest BCUT2D eigenvalue weighted by Crippen LogP contribution is 2.46. The lowest BCUT2D eigenvalue weighted by Gasteiger charge is -2.43. The lowest BCUT2D eigenvalue weighted by molar-refractivity contribution is -0.166. The zero-order valence-corrected chi connectivity index (χ0v) is 83.9. The monoisotopic (exact) mass is 1850 g/mol. The zero-order chi connectivity index (χ0) is 97.7. The summed E-state index contributed by atoms with van der Waals surface area (Å²) in [7, 11) is -4.57. The molecule has 2 aliphatic rings. The molecular formula is C95H147F9N2O15S2Si2. The topological polar surface area (TPSA) is 249 Å². The first-order chi connectivity index (χ1) is 56.5. The van der Waals surface area contributed by atoms with Crippen molar-refractivity contribution in [1.29, 1.82) is 0 Å². The van der Waals surface area contributed by atoms with E-state index in [4.69, 9.17) is 23.1 Å². The van der Waals surface area contributed by atoms with Crippen molar-refractivity contribution in [3.05, 3.63) is 122 Å². The molecule has 0 bridgehead atoms. The first-order valence-corrected chi connectivity index (χ1v) is 50.5. The van der Waals surface area contributed by atoms with E-state index in [0.29, 0.717) is 11.3 Å². The highest BCUT2D eigenvalue weighted by molar-refractivity contribution is 7.09. The van der Waals surface area contributed by atoms with Gasteiger partial charge in [-0.15, -0.1) is 35.8 Å². The number of hydrogen-bond acceptors (Lipinski definition) is 19. The molecule has 0 radical (unpaired) electrons. The van der Waals surface area contributed by atoms with Crippen LogP contribution in [0.25, 0.3) is 6.08 Å². The van der Waals surface area contributed by atoms with Crippen molar-refractivity contribution in [2.75, 3.05) is 0 Å². The Hall–Kier alpha value is -6.42. The van der Waals surface area contributed by atoms with Crippen LogP contribution in [0.4, 0.5) is 39.5 Å². The van der Waals surface area contributed by atoms with Gasteiger partial charge < -0.3 is 33.3 Å². The van der Waals surface area contributed by atoms with Crippen molar-refractivity contribution >= 4 is 92.2 Å². The molecule has 2 aromatic heterocycles. The zero-order valence-electron chi connectivity index (χ0n) is 80.2. The third-order valence-electron chi connectivity index (χ3n) is 25.7. The quantitative estimate of drug-likeness (QED) is 0.0365. The Morgan fingerprint density at radius 3 is 1.64 bits per heavy atom. The molecule has 0 aliphatic carbocycles. The second kappa shape index (κ2) is 47.4. The summed E-state index contributed by atoms with van der Waals surface area (Å²) < 4.78 is 153. The van der Waals surface area contributed by atoms with Crippen LogP contribution in [0, 0.1) is 77.4 Å². The fourth-order valence-corrected chi connectivity index (χ4v) is 17.5. The van der Waals surface area contributed by atoms with Crippen LogP contribution in [0.1, 0.15) is 259 Å². The SMILES string of the molecule is C/C(=C\c1csc(C)n1)[C@]1(C)C/C=C(/C(F)(F)F)C/C=C/[C@H](C)[C@H](O)[C@@H](C)C(=O)C(C)(C)[C@@H](O)CC(=O)O1.C=CC/C(=C\CC(C)(OC(=O)C[C@H](C)C(C)(C)C(=O)[C@H](C)[C@@H](O[Si](C)(C)C(C)(C)C)C(C)C=C)C(C)=O)C(F)(F)F.CC(=O)[C@@H]1C/C=C(/C(F)(F)F)C/C=C/[C@H](C)[C@H](O[Si](C)(C)C(C)(C)C)[C@@H](C)C(=O)C(C)(C)[C@@H](C)CC(=O)O1.CCc1csc(C)n1. The maximum absolute atomic E-state index is 13.9. The van der Waals surface area contributed by atoms with Gasteiger partial charge in [-0.05, 0) is 146 Å². The fraction of sp³-hybridized carbons (Fsp3) is 0.684. The van der Waals surface area contributed by atoms with Gasteiger partial charge in [-0.2, -0.15) is 39.5 Å². The minimum absolute atomic E-state index is 0.0629. The minimum Gasteiger partial charge on any atom is -0.454 e. The molecule has 0 amide bonds. The summed E-state index contributed by atoms with van der Waals surface area (Å²) in [5, 5.41) is 27.2. The van der Waals surface area contributed by atoms with Crippen LogP contribution in [0.2, 0.25) is 36.3 Å². The lowest BCUT2D eigenvalue weighted by Crippen LogP contribution is -2.50. The van der Waals surface area contributed by atoms with Crippen LogP contribution in [-0.2, 0) is 67.8 Å². The number of alkyl halides is 9. The number of carbonyl (C=O) groups is 8. The van der Waals surface area contributed by atoms with Crippen LogP contribution in [0.5, 0.6) is 0 Å². The van der Waals surface area contributed by atoms with E-state index >= 15 is 0 Å². The lowest BCUT2D eigenvalue weighted by atomic mass is 9.69. The van der Waals surface area contributed by atoms with Gasteiger partial charge in [-0.25, -0.2) is 9.97 Å². The summed E-state index contributed by atoms with van der Waals surface area (Å²) in [6, 6.07) is 0. The molecule has 2 aromatic rings. The number of ether oxygens (including phenoxy) is 3. The normalized spacial score (nSPS) is 26.0. The number of Topliss-reactive ketones (excluding diaryl/α,β-unsaturated/α-hetero) is 5. The molecule has 17 nitrogen and oxygen atoms in total. The Morgan fingerprint density at radius 2 is 1.20 bits per heavy atom. The summed E-state index contributed by atoms with van der Waals surface area (Å²) in [4.78, 5) is 113. The summed E-state index contributed by atoms with van der Waals surface area (Å²) >= 11 is 3.13. The molecule has 0 fully saturated rings. The van der Waals surface area contributed by atoms with E-state index in [-0.39, 0.29) is 59.2 Å². The minimum atomic E-state index is -4.63. The van der Waals surface area contributed by atoms with Gasteiger partial charge >= 0.3 is 36.4 Å². The molecule has 2 unspecified atom stereocenters. The Kier molecular flexibility index (Phi) is 44.2. The molecule has 30 heteroatoms. The van der Waals surface area contributed by atoms with Crippen LogP contribution in [0.15, 0.2) is 101 Å². The number of hydrogen-bond donors (Lipinski definition) is 2. The summed E-state index contributed by atoms with van der Waals surface area (Å²) in [6.07, 6.45) is -7.64. The Labute approximate surface area is 749 Å². The molecule has 0 aromatic carbocycles. The van der Waals surface area contributed by atoms with E-state index in [0.717, 1.165) is 35.7 Å². The van der Waals surface area contributed by atoms with Crippen LogP contribution >= 0.6 is 22.7 Å². The Balaban J connectivity index is 0.000000894. The number of carbonyl (C=O) groups excluding carboxylic acids is 8. The van der Waals surface area contributed by atoms with Gasteiger partial charge in [0.1, 0.15) is 23.0 Å². The maximum atomic E-state index is 13.9. The number of aliphatic hydroxyl groups is 2. The summed E-state index contributed by atoms with van der Waals surface area (Å²) in [5.74, 6) is -8.08. The van der Waals surface area contributed by atoms with E-state index in [2.05, 4.69) is 103 Å². The van der Waals surface area contributed by atoms with Gasteiger partial charge in [-0.3, -0.25) is 38.4 Å². The molecule has 15 atom stereocenters. The first-order valence-electron chi connectivity index (χ1n) is 42.9. The number of rotatable bonds is 22. The largest absolute Gasteiger partial charge is 0.454 e. The number of ketones is 5. The second-order valence-electron chi connectivity index (χ2n) is 39.0. The van der Waals surface area contributed by atoms with Gasteiger partial charge in [-0.1, -0.05) is 200 Å². The van der Waals surface area contributed by atoms with E-state index in [1.807, 2.05) is 34.6 Å². The van der Waals surface area contributed by atoms with Gasteiger partial charge in [0, 0.05) is 94.1 Å². The molecule has 4 heterocycles. The van der Waals surface area contributed by atoms with E-state index in [1.165, 1.54) is 88.7 Å². The number of allylic oxidation sites excluding steroid dienone is 6. The van der Waals surface area contributed by atoms with Crippen molar-refractivity contribution in [1.82, 2.24) is 9.97 Å². The molecule has 2 N–H and O–H groups in total. The number of aliphatic hydroxyl groups excluding tert-OH is 2. The highest BCUT2D eigenvalue weighted by Gasteiger charge is 2.51. The molecule has 2 aliphatic heterocycles. The first kappa shape index (κ1) is 117. The Morgan fingerprint density at radius 1 is 0.696 bits per heavy atom. The number of cyclic esters (lactones) is 2. The average molecular weight is 1850 g/mol. The predicted molar refractivity (Wildman–Crippen MR) is 485 cm³/mol. The third kappa shape index (κ3) is 35.1. The van der Waals surface area contributed by atoms with Crippen molar-refractivity contribution in [3.63, 3.8) is 0 Å². The van der Waals surface area contributed by atoms with Gasteiger partial charge in [0.2, 0.25) is 0 Å². The number of esters is 3. The number of aryl methyl sites for hydroxylation is 3. The maximum Gasteiger partial charge on any atom is 0.412 e. The number of thiazole rings is 2. The van der Waals surface area contributed by atoms with Crippen molar-refractivity contribution in [2.45, 2.75) is 355 Å². The smallest absolute Gasteiger partial charge is 0.412 e. The van der Waals surface area contributed by atoms with Crippen molar-refractivity contribution in [3.8, 4) is 0 Å². The van der Waals surface area contributed by atoms with Crippen LogP contribution in [-0.4, -0.2) is 144 Å². The summed E-state index contributed by atoms with van der Waals surface area (Å²) in [5.41, 5.74) is -6.76. The van der Waals surface area contributed by atoms with Crippen LogP contribution in [0.3, 0.4) is 0 Å². The van der Waals surface area contributed by atoms with Gasteiger partial charge in [0.05, 0.1) is 57.7 Å². The van der Waals surface area contributed by atoms with Crippen molar-refractivity contribution < 1.29 is 111 Å². The standard InChI is InChI=1S/C32H53F3O5Si.C29H47F3O5Si.C28H38F3NO5S.C6H9NS/c1-15-17-25(32(33,34)35)18-19-31(12,24(6)36)39-26(37)20-22(4)30(10,11)28(38)23(5)27(21(3)16-2)40-41(13,14)29(7,8)9;1-18-13-12-14-22(29(30,31)32)15-16-23(21(4)33)36-24(34)17-19(2)28(8,9)26(35)20(3)25(18)37-38(10,11)27(5,6)7;1-16-9-8-10-20(28(29,30)31)11-12-27(7,17(2)13-21-15-38-19(4)32-21)37-23(34)14-22(33)26(5,6)25(36)18(3)24(16)35;1-3-6-4-8-5(2)7-6/h15-16,18,21-23,27H,1-2,17,19-20H2,3-14H3;12-13,15,18-20,23,25H,14,16-17H2,1-11H3;8-9,11,13,15-16,18,22,24,33,35H,10,12,14H2,1-7H3;4H,3H2,1-2H3/b25-18+;13-12+,22-15+;9-8+,17-13+,20-11+;/t21?,22-,23+,27-,31?;18-,19-,20+,23-,25-;16-,18+,22-,24-,27-;/m000./s1. The molecule has 0 saturated carbocycles. The number of aromatic nitrogens is 2. The molecule has 710 valence electrons. The predicted octanol–water partition coefficient (Wildman–Crippen LogP) is 24.4. The summed E-state index contributed by atoms with van der Waals surface area (Å²) in [6.45, 7) is 65.3.